The fourth-order valence-electron chi connectivity index (χ4n) is 1.81. The Morgan fingerprint density at radius 2 is 1.95 bits per heavy atom. The maximum absolute atomic E-state index is 9.72. The molecule has 0 saturated carbocycles. The van der Waals surface area contributed by atoms with Crippen LogP contribution in [0.4, 0.5) is 0 Å². The lowest BCUT2D eigenvalue weighted by Gasteiger charge is -2.14. The molecule has 1 unspecified atom stereocenters. The van der Waals surface area contributed by atoms with Gasteiger partial charge >= 0.3 is 0 Å². The van der Waals surface area contributed by atoms with Crippen molar-refractivity contribution in [2.75, 3.05) is 0 Å². The van der Waals surface area contributed by atoms with Crippen molar-refractivity contribution in [1.82, 2.24) is 0 Å². The van der Waals surface area contributed by atoms with Crippen molar-refractivity contribution in [2.45, 2.75) is 19.6 Å². The number of aliphatic hydroxyl groups is 1. The average Bonchev–Trinajstić information content (AvgIpc) is 2.46. The number of benzene rings is 2. The topological polar surface area (TPSA) is 53.2 Å². The third kappa shape index (κ3) is 3.51. The van der Waals surface area contributed by atoms with Gasteiger partial charge in [-0.3, -0.25) is 0 Å². The van der Waals surface area contributed by atoms with Gasteiger partial charge in [0, 0.05) is 10.6 Å². The molecule has 0 radical (unpaired) electrons. The average molecular weight is 288 g/mol. The van der Waals surface area contributed by atoms with Crippen LogP contribution >= 0.6 is 11.6 Å². The first-order valence-corrected chi connectivity index (χ1v) is 6.57. The van der Waals surface area contributed by atoms with Gasteiger partial charge in [0.2, 0.25) is 0 Å². The highest BCUT2D eigenvalue weighted by Gasteiger charge is 2.10. The molecule has 102 valence electrons. The van der Waals surface area contributed by atoms with Crippen LogP contribution < -0.4 is 4.74 Å². The SMILES string of the molecule is CC(O)c1cc(Cl)ccc1OCc1ccc(C#N)cc1. The van der Waals surface area contributed by atoms with Gasteiger partial charge in [-0.2, -0.15) is 5.26 Å². The van der Waals surface area contributed by atoms with E-state index in [1.165, 1.54) is 0 Å². The van der Waals surface area contributed by atoms with Crippen LogP contribution in [0.3, 0.4) is 0 Å². The summed E-state index contributed by atoms with van der Waals surface area (Å²) in [6.45, 7) is 2.04. The number of ether oxygens (including phenoxy) is 1. The van der Waals surface area contributed by atoms with E-state index in [1.807, 2.05) is 12.1 Å². The van der Waals surface area contributed by atoms with Gasteiger partial charge in [-0.25, -0.2) is 0 Å². The number of nitrogens with zero attached hydrogens (tertiary/aromatic N) is 1. The van der Waals surface area contributed by atoms with Gasteiger partial charge < -0.3 is 9.84 Å². The summed E-state index contributed by atoms with van der Waals surface area (Å²) in [5.41, 5.74) is 2.23. The standard InChI is InChI=1S/C16H14ClNO2/c1-11(19)15-8-14(17)6-7-16(15)20-10-13-4-2-12(9-18)3-5-13/h2-8,11,19H,10H2,1H3. The molecule has 20 heavy (non-hydrogen) atoms. The van der Waals surface area contributed by atoms with Crippen molar-refractivity contribution in [3.8, 4) is 11.8 Å². The number of hydrogen-bond donors (Lipinski definition) is 1. The number of hydrogen-bond acceptors (Lipinski definition) is 3. The molecule has 0 aliphatic carbocycles. The van der Waals surface area contributed by atoms with Crippen LogP contribution in [0.25, 0.3) is 0 Å². The van der Waals surface area contributed by atoms with Crippen molar-refractivity contribution in [1.29, 1.82) is 5.26 Å². The van der Waals surface area contributed by atoms with Crippen molar-refractivity contribution in [3.05, 3.63) is 64.2 Å². The van der Waals surface area contributed by atoms with E-state index in [0.29, 0.717) is 28.5 Å². The lowest BCUT2D eigenvalue weighted by atomic mass is 10.1. The molecule has 1 N–H and O–H groups in total. The molecule has 2 aromatic rings. The van der Waals surface area contributed by atoms with E-state index in [-0.39, 0.29) is 0 Å². The van der Waals surface area contributed by atoms with Crippen LogP contribution in [0.2, 0.25) is 5.02 Å². The van der Waals surface area contributed by atoms with Gasteiger partial charge in [-0.15, -0.1) is 0 Å². The predicted molar refractivity (Wildman–Crippen MR) is 77.6 cm³/mol. The van der Waals surface area contributed by atoms with E-state index in [1.54, 1.807) is 37.3 Å². The molecule has 0 aliphatic rings. The second-order valence-corrected chi connectivity index (χ2v) is 4.89. The highest BCUT2D eigenvalue weighted by Crippen LogP contribution is 2.28. The van der Waals surface area contributed by atoms with Crippen LogP contribution in [0, 0.1) is 11.3 Å². The minimum atomic E-state index is -0.648. The summed E-state index contributed by atoms with van der Waals surface area (Å²) in [4.78, 5) is 0. The van der Waals surface area contributed by atoms with Gasteiger partial charge in [-0.05, 0) is 42.8 Å². The molecule has 3 nitrogen and oxygen atoms in total. The molecule has 0 fully saturated rings. The maximum Gasteiger partial charge on any atom is 0.125 e. The Morgan fingerprint density at radius 3 is 2.55 bits per heavy atom. The first-order valence-electron chi connectivity index (χ1n) is 6.19. The largest absolute Gasteiger partial charge is 0.489 e. The first kappa shape index (κ1) is 14.4. The normalized spacial score (nSPS) is 11.7. The van der Waals surface area contributed by atoms with Crippen molar-refractivity contribution >= 4 is 11.6 Å². The van der Waals surface area contributed by atoms with Crippen LogP contribution in [0.15, 0.2) is 42.5 Å². The van der Waals surface area contributed by atoms with Gasteiger partial charge in [0.1, 0.15) is 12.4 Å². The quantitative estimate of drug-likeness (QED) is 0.929. The highest BCUT2D eigenvalue weighted by atomic mass is 35.5. The van der Waals surface area contributed by atoms with Gasteiger partial charge in [-0.1, -0.05) is 23.7 Å². The molecule has 0 aliphatic heterocycles. The summed E-state index contributed by atoms with van der Waals surface area (Å²) in [5.74, 6) is 0.605. The van der Waals surface area contributed by atoms with E-state index >= 15 is 0 Å². The molecule has 0 aromatic heterocycles. The molecule has 0 amide bonds. The van der Waals surface area contributed by atoms with Crippen LogP contribution in [-0.4, -0.2) is 5.11 Å². The number of rotatable bonds is 4. The molecule has 0 heterocycles. The highest BCUT2D eigenvalue weighted by molar-refractivity contribution is 6.30. The molecule has 1 atom stereocenters. The second kappa shape index (κ2) is 6.42. The van der Waals surface area contributed by atoms with E-state index in [2.05, 4.69) is 6.07 Å². The Bertz CT molecular complexity index is 630. The van der Waals surface area contributed by atoms with Gasteiger partial charge in [0.25, 0.3) is 0 Å². The molecular weight excluding hydrogens is 274 g/mol. The summed E-state index contributed by atoms with van der Waals surface area (Å²) in [7, 11) is 0. The summed E-state index contributed by atoms with van der Waals surface area (Å²) in [6, 6.07) is 14.4. The fourth-order valence-corrected chi connectivity index (χ4v) is 1.99. The molecule has 0 bridgehead atoms. The Hall–Kier alpha value is -2.02. The number of halogens is 1. The van der Waals surface area contributed by atoms with E-state index in [4.69, 9.17) is 21.6 Å². The zero-order valence-electron chi connectivity index (χ0n) is 11.0. The number of aliphatic hydroxyl groups excluding tert-OH is 1. The Kier molecular flexibility index (Phi) is 4.62. The molecule has 4 heteroatoms. The predicted octanol–water partition coefficient (Wildman–Crippen LogP) is 3.84. The summed E-state index contributed by atoms with van der Waals surface area (Å²) < 4.78 is 5.71. The maximum atomic E-state index is 9.72. The molecule has 0 spiro atoms. The Labute approximate surface area is 123 Å². The first-order chi connectivity index (χ1) is 9.60. The Morgan fingerprint density at radius 1 is 1.25 bits per heavy atom. The minimum Gasteiger partial charge on any atom is -0.489 e. The van der Waals surface area contributed by atoms with Crippen molar-refractivity contribution in [3.63, 3.8) is 0 Å². The molecule has 2 aromatic carbocycles. The zero-order valence-corrected chi connectivity index (χ0v) is 11.8. The summed E-state index contributed by atoms with van der Waals surface area (Å²) >= 11 is 5.91. The summed E-state index contributed by atoms with van der Waals surface area (Å²) in [6.07, 6.45) is -0.648. The fraction of sp³-hybridized carbons (Fsp3) is 0.188. The third-order valence-corrected chi connectivity index (χ3v) is 3.13. The zero-order chi connectivity index (χ0) is 14.5. The molecular formula is C16H14ClNO2. The monoisotopic (exact) mass is 287 g/mol. The second-order valence-electron chi connectivity index (χ2n) is 4.46. The number of nitriles is 1. The Balaban J connectivity index is 2.12. The molecule has 2 rings (SSSR count). The van der Waals surface area contributed by atoms with E-state index in [0.717, 1.165) is 5.56 Å². The lowest BCUT2D eigenvalue weighted by molar-refractivity contribution is 0.190. The third-order valence-electron chi connectivity index (χ3n) is 2.90. The van der Waals surface area contributed by atoms with Crippen molar-refractivity contribution < 1.29 is 9.84 Å². The molecule has 0 saturated heterocycles. The van der Waals surface area contributed by atoms with Gasteiger partial charge in [0.15, 0.2) is 0 Å². The summed E-state index contributed by atoms with van der Waals surface area (Å²) in [5, 5.41) is 19.0. The van der Waals surface area contributed by atoms with Gasteiger partial charge in [0.05, 0.1) is 17.7 Å². The smallest absolute Gasteiger partial charge is 0.125 e. The van der Waals surface area contributed by atoms with Crippen LogP contribution in [0.1, 0.15) is 29.7 Å². The van der Waals surface area contributed by atoms with E-state index in [9.17, 15) is 5.11 Å². The van der Waals surface area contributed by atoms with Crippen molar-refractivity contribution in [2.24, 2.45) is 0 Å². The van der Waals surface area contributed by atoms with Crippen LogP contribution in [0.5, 0.6) is 5.75 Å². The minimum absolute atomic E-state index is 0.368. The van der Waals surface area contributed by atoms with E-state index < -0.39 is 6.10 Å². The van der Waals surface area contributed by atoms with Crippen LogP contribution in [-0.2, 0) is 6.61 Å². The lowest BCUT2D eigenvalue weighted by Crippen LogP contribution is -2.01.